The second-order valence-corrected chi connectivity index (χ2v) is 10.3. The fraction of sp³-hybridized carbons (Fsp3) is 0.500. The number of hydrogen-bond donors (Lipinski definition) is 2. The van der Waals surface area contributed by atoms with Crippen molar-refractivity contribution < 1.29 is 19.7 Å². The van der Waals surface area contributed by atoms with Gasteiger partial charge in [-0.3, -0.25) is 0 Å². The Morgan fingerprint density at radius 3 is 2.14 bits per heavy atom. The first-order valence-electron chi connectivity index (χ1n) is 13.2. The van der Waals surface area contributed by atoms with E-state index in [0.717, 1.165) is 36.7 Å². The third-order valence-corrected chi connectivity index (χ3v) is 7.56. The molecule has 0 spiro atoms. The molecule has 37 heavy (non-hydrogen) atoms. The number of esters is 1. The van der Waals surface area contributed by atoms with Gasteiger partial charge in [0, 0.05) is 0 Å². The Labute approximate surface area is 223 Å². The Bertz CT molecular complexity index is 1150. The van der Waals surface area contributed by atoms with Gasteiger partial charge < -0.3 is 14.9 Å². The molecule has 9 heteroatoms. The van der Waals surface area contributed by atoms with Gasteiger partial charge in [0.25, 0.3) is 0 Å². The standard InChI is InChI=1S/C28H38N4O4S/c1-4-5-6-7-8-9-10-11-12-16-19-36-27(35)23-24(33)20(2)21(3)25(34)26(23)37-28-29-30-31-32(28)22-17-14-13-15-18-22/h13-15,17-18,33-34H,4-12,16,19H2,1-3H3. The van der Waals surface area contributed by atoms with Crippen LogP contribution in [-0.2, 0) is 4.74 Å². The third-order valence-electron chi connectivity index (χ3n) is 6.52. The molecule has 1 heterocycles. The summed E-state index contributed by atoms with van der Waals surface area (Å²) in [5.41, 5.74) is 1.56. The van der Waals surface area contributed by atoms with E-state index in [1.165, 1.54) is 49.6 Å². The summed E-state index contributed by atoms with van der Waals surface area (Å²) in [5, 5.41) is 34.0. The van der Waals surface area contributed by atoms with Crippen LogP contribution in [0, 0.1) is 13.8 Å². The second kappa shape index (κ2) is 14.6. The molecular weight excluding hydrogens is 488 g/mol. The number of tetrazole rings is 1. The normalized spacial score (nSPS) is 11.1. The minimum absolute atomic E-state index is 0.0692. The number of phenols is 2. The average Bonchev–Trinajstić information content (AvgIpc) is 3.38. The van der Waals surface area contributed by atoms with Crippen molar-refractivity contribution in [3.63, 3.8) is 0 Å². The first-order valence-corrected chi connectivity index (χ1v) is 14.0. The lowest BCUT2D eigenvalue weighted by Crippen LogP contribution is -2.10. The Kier molecular flexibility index (Phi) is 11.3. The number of phenolic OH excluding ortho intramolecular Hbond substituents is 2. The molecule has 0 unspecified atom stereocenters. The van der Waals surface area contributed by atoms with E-state index in [2.05, 4.69) is 22.4 Å². The smallest absolute Gasteiger partial charge is 0.343 e. The highest BCUT2D eigenvalue weighted by molar-refractivity contribution is 7.99. The van der Waals surface area contributed by atoms with E-state index in [4.69, 9.17) is 4.74 Å². The van der Waals surface area contributed by atoms with E-state index in [9.17, 15) is 15.0 Å². The van der Waals surface area contributed by atoms with Crippen LogP contribution in [0.15, 0.2) is 40.4 Å². The van der Waals surface area contributed by atoms with E-state index in [1.807, 2.05) is 30.3 Å². The van der Waals surface area contributed by atoms with Gasteiger partial charge in [0.2, 0.25) is 5.16 Å². The highest BCUT2D eigenvalue weighted by atomic mass is 32.2. The number of hydrogen-bond acceptors (Lipinski definition) is 8. The third kappa shape index (κ3) is 7.71. The molecule has 2 aromatic carbocycles. The van der Waals surface area contributed by atoms with E-state index < -0.39 is 5.97 Å². The molecule has 0 radical (unpaired) electrons. The molecule has 0 atom stereocenters. The number of rotatable bonds is 15. The predicted molar refractivity (Wildman–Crippen MR) is 145 cm³/mol. The summed E-state index contributed by atoms with van der Waals surface area (Å²) in [4.78, 5) is 13.2. The summed E-state index contributed by atoms with van der Waals surface area (Å²) in [6.45, 7) is 5.83. The fourth-order valence-electron chi connectivity index (χ4n) is 4.12. The van der Waals surface area contributed by atoms with E-state index >= 15 is 0 Å². The summed E-state index contributed by atoms with van der Waals surface area (Å²) in [6, 6.07) is 9.30. The van der Waals surface area contributed by atoms with Gasteiger partial charge in [-0.1, -0.05) is 82.9 Å². The molecule has 0 aliphatic carbocycles. The Balaban J connectivity index is 1.63. The van der Waals surface area contributed by atoms with E-state index in [0.29, 0.717) is 16.3 Å². The maximum atomic E-state index is 13.1. The fourth-order valence-corrected chi connectivity index (χ4v) is 5.14. The van der Waals surface area contributed by atoms with Crippen molar-refractivity contribution in [3.8, 4) is 17.2 Å². The Hall–Kier alpha value is -3.07. The van der Waals surface area contributed by atoms with Crippen molar-refractivity contribution in [2.75, 3.05) is 6.61 Å². The van der Waals surface area contributed by atoms with Crippen LogP contribution in [0.5, 0.6) is 11.5 Å². The van der Waals surface area contributed by atoms with Crippen LogP contribution >= 0.6 is 11.8 Å². The van der Waals surface area contributed by atoms with Crippen LogP contribution in [0.25, 0.3) is 5.69 Å². The quantitative estimate of drug-likeness (QED) is 0.125. The van der Waals surface area contributed by atoms with Crippen molar-refractivity contribution in [2.45, 2.75) is 95.0 Å². The van der Waals surface area contributed by atoms with Crippen molar-refractivity contribution in [2.24, 2.45) is 0 Å². The monoisotopic (exact) mass is 526 g/mol. The van der Waals surface area contributed by atoms with E-state index in [1.54, 1.807) is 13.8 Å². The lowest BCUT2D eigenvalue weighted by Gasteiger charge is -2.17. The van der Waals surface area contributed by atoms with Crippen molar-refractivity contribution in [3.05, 3.63) is 47.0 Å². The summed E-state index contributed by atoms with van der Waals surface area (Å²) in [5.74, 6) is -0.980. The van der Waals surface area contributed by atoms with Gasteiger partial charge in [0.15, 0.2) is 0 Å². The molecule has 2 N–H and O–H groups in total. The van der Waals surface area contributed by atoms with Gasteiger partial charge in [-0.25, -0.2) is 4.79 Å². The number of aromatic nitrogens is 4. The molecule has 200 valence electrons. The Morgan fingerprint density at radius 2 is 1.49 bits per heavy atom. The zero-order valence-electron chi connectivity index (χ0n) is 22.1. The van der Waals surface area contributed by atoms with Gasteiger partial charge in [-0.2, -0.15) is 4.68 Å². The first-order chi connectivity index (χ1) is 18.0. The predicted octanol–water partition coefficient (Wildman–Crippen LogP) is 6.92. The molecule has 3 aromatic rings. The van der Waals surface area contributed by atoms with Crippen LogP contribution in [-0.4, -0.2) is 43.0 Å². The minimum atomic E-state index is -0.673. The summed E-state index contributed by atoms with van der Waals surface area (Å²) >= 11 is 1.01. The van der Waals surface area contributed by atoms with Crippen LogP contribution < -0.4 is 0 Å². The SMILES string of the molecule is CCCCCCCCCCCCOC(=O)c1c(O)c(C)c(C)c(O)c1Sc1nnnn1-c1ccccc1. The lowest BCUT2D eigenvalue weighted by molar-refractivity contribution is 0.0489. The minimum Gasteiger partial charge on any atom is -0.507 e. The zero-order chi connectivity index (χ0) is 26.6. The van der Waals surface area contributed by atoms with Crippen LogP contribution in [0.2, 0.25) is 0 Å². The maximum absolute atomic E-state index is 13.1. The summed E-state index contributed by atoms with van der Waals surface area (Å²) in [7, 11) is 0. The molecule has 0 saturated heterocycles. The van der Waals surface area contributed by atoms with E-state index in [-0.39, 0.29) is 28.6 Å². The second-order valence-electron chi connectivity index (χ2n) is 9.28. The number of benzene rings is 2. The lowest BCUT2D eigenvalue weighted by atomic mass is 10.0. The number of aromatic hydroxyl groups is 2. The van der Waals surface area contributed by atoms with Crippen molar-refractivity contribution in [1.82, 2.24) is 20.2 Å². The number of ether oxygens (including phenoxy) is 1. The number of carbonyl (C=O) groups excluding carboxylic acids is 1. The molecule has 0 saturated carbocycles. The van der Waals surface area contributed by atoms with Gasteiger partial charge in [-0.05, 0) is 65.7 Å². The maximum Gasteiger partial charge on any atom is 0.343 e. The van der Waals surface area contributed by atoms with Crippen molar-refractivity contribution >= 4 is 17.7 Å². The molecule has 0 bridgehead atoms. The highest BCUT2D eigenvalue weighted by Crippen LogP contribution is 2.45. The van der Waals surface area contributed by atoms with Crippen LogP contribution in [0.1, 0.15) is 92.6 Å². The molecule has 3 rings (SSSR count). The van der Waals surface area contributed by atoms with Crippen LogP contribution in [0.4, 0.5) is 0 Å². The van der Waals surface area contributed by atoms with Gasteiger partial charge in [0.05, 0.1) is 17.2 Å². The van der Waals surface area contributed by atoms with Gasteiger partial charge in [-0.15, -0.1) is 5.10 Å². The van der Waals surface area contributed by atoms with Gasteiger partial charge >= 0.3 is 5.97 Å². The average molecular weight is 527 g/mol. The Morgan fingerprint density at radius 1 is 0.892 bits per heavy atom. The molecule has 8 nitrogen and oxygen atoms in total. The number of unbranched alkanes of at least 4 members (excludes halogenated alkanes) is 9. The molecular formula is C28H38N4O4S. The molecule has 0 fully saturated rings. The molecule has 0 aliphatic heterocycles. The molecule has 1 aromatic heterocycles. The first kappa shape index (κ1) is 28.5. The summed E-state index contributed by atoms with van der Waals surface area (Å²) in [6.07, 6.45) is 11.8. The number of carbonyl (C=O) groups is 1. The number of nitrogens with zero attached hydrogens (tertiary/aromatic N) is 4. The van der Waals surface area contributed by atoms with Gasteiger partial charge in [0.1, 0.15) is 17.1 Å². The highest BCUT2D eigenvalue weighted by Gasteiger charge is 2.28. The molecule has 0 amide bonds. The zero-order valence-corrected chi connectivity index (χ0v) is 22.9. The summed E-state index contributed by atoms with van der Waals surface area (Å²) < 4.78 is 7.03. The largest absolute Gasteiger partial charge is 0.507 e. The number of para-hydroxylation sites is 1. The van der Waals surface area contributed by atoms with Crippen LogP contribution in [0.3, 0.4) is 0 Å². The van der Waals surface area contributed by atoms with Crippen molar-refractivity contribution in [1.29, 1.82) is 0 Å². The topological polar surface area (TPSA) is 110 Å². The molecule has 0 aliphatic rings.